The number of nitrogens with zero attached hydrogens (tertiary/aromatic N) is 1. The summed E-state index contributed by atoms with van der Waals surface area (Å²) in [7, 11) is 0. The summed E-state index contributed by atoms with van der Waals surface area (Å²) in [6.45, 7) is 9.89. The smallest absolute Gasteiger partial charge is 0.262 e. The van der Waals surface area contributed by atoms with Gasteiger partial charge in [0.25, 0.3) is 5.88 Å². The summed E-state index contributed by atoms with van der Waals surface area (Å²) in [5.74, 6) is 5.75. The van der Waals surface area contributed by atoms with Gasteiger partial charge in [-0.1, -0.05) is 59.1 Å². The van der Waals surface area contributed by atoms with Crippen LogP contribution in [0.15, 0.2) is 28.8 Å². The Kier molecular flexibility index (Phi) is 7.28. The van der Waals surface area contributed by atoms with Crippen LogP contribution in [0.3, 0.4) is 0 Å². The number of ether oxygens (including phenoxy) is 1. The van der Waals surface area contributed by atoms with Gasteiger partial charge in [0.2, 0.25) is 0 Å². The van der Waals surface area contributed by atoms with Crippen molar-refractivity contribution in [3.05, 3.63) is 24.3 Å². The summed E-state index contributed by atoms with van der Waals surface area (Å²) < 4.78 is 11.3. The summed E-state index contributed by atoms with van der Waals surface area (Å²) in [6.07, 6.45) is 12.9. The van der Waals surface area contributed by atoms with Crippen molar-refractivity contribution >= 4 is 16.8 Å². The Labute approximate surface area is 211 Å². The van der Waals surface area contributed by atoms with E-state index in [0.717, 1.165) is 41.4 Å². The molecule has 3 aliphatic rings. The predicted octanol–water partition coefficient (Wildman–Crippen LogP) is 8.10. The minimum absolute atomic E-state index is 0.103. The molecule has 3 aliphatic carbocycles. The molecule has 0 bridgehead atoms. The molecule has 8 atom stereocenters. The Balaban J connectivity index is 1.25. The molecule has 192 valence electrons. The maximum absolute atomic E-state index is 13.6. The van der Waals surface area contributed by atoms with Gasteiger partial charge in [-0.3, -0.25) is 4.79 Å². The standard InChI is InChI=1S/C31H45NO3/c1-5-9-20(2)18-22-14-15-24-23(21(22)3)16-17-31(4)26(24)11-8-12-27(31)28(33)19-34-30-25-10-6-7-13-29(25)35-32-30/h6-7,10,13,20-24,26-27H,5,8-9,11-12,14-19H2,1-4H3/t20-,21+,22-,23?,24+,26-,27+,31-/m0/s1. The fourth-order valence-corrected chi connectivity index (χ4v) is 8.80. The van der Waals surface area contributed by atoms with E-state index in [-0.39, 0.29) is 23.7 Å². The minimum atomic E-state index is 0.103. The SMILES string of the molecule is CCC[C@H](C)C[C@@H]1CC[C@@H]2C(CC[C@]3(C)[C@@H](C(=O)COc4noc5ccccc45)CCC[C@@H]23)[C@@H]1C. The Bertz CT molecular complexity index is 1010. The van der Waals surface area contributed by atoms with E-state index >= 15 is 0 Å². The topological polar surface area (TPSA) is 52.3 Å². The number of ketones is 1. The Morgan fingerprint density at radius 2 is 2.00 bits per heavy atom. The van der Waals surface area contributed by atoms with Crippen LogP contribution >= 0.6 is 0 Å². The van der Waals surface area contributed by atoms with Crippen molar-refractivity contribution < 1.29 is 14.1 Å². The number of rotatable bonds is 8. The maximum atomic E-state index is 13.6. The molecule has 0 aliphatic heterocycles. The second kappa shape index (κ2) is 10.3. The van der Waals surface area contributed by atoms with E-state index in [1.165, 1.54) is 57.8 Å². The van der Waals surface area contributed by atoms with E-state index in [1.54, 1.807) is 0 Å². The van der Waals surface area contributed by atoms with Crippen LogP contribution in [0.1, 0.15) is 91.9 Å². The molecule has 1 aromatic heterocycles. The number of carbonyl (C=O) groups is 1. The first-order valence-electron chi connectivity index (χ1n) is 14.4. The molecule has 5 rings (SSSR count). The van der Waals surface area contributed by atoms with Gasteiger partial charge in [-0.2, -0.15) is 0 Å². The number of carbonyl (C=O) groups excluding carboxylic acids is 1. The Morgan fingerprint density at radius 3 is 2.83 bits per heavy atom. The number of hydrogen-bond donors (Lipinski definition) is 0. The zero-order valence-electron chi connectivity index (χ0n) is 22.3. The third-order valence-corrected chi connectivity index (χ3v) is 10.6. The highest BCUT2D eigenvalue weighted by molar-refractivity contribution is 5.85. The van der Waals surface area contributed by atoms with Crippen molar-refractivity contribution in [2.75, 3.05) is 6.61 Å². The molecule has 3 saturated carbocycles. The molecule has 1 aromatic carbocycles. The van der Waals surface area contributed by atoms with Gasteiger partial charge in [0.15, 0.2) is 11.4 Å². The number of para-hydroxylation sites is 1. The molecule has 0 radical (unpaired) electrons. The minimum Gasteiger partial charge on any atom is -0.467 e. The van der Waals surface area contributed by atoms with E-state index in [2.05, 4.69) is 32.9 Å². The number of fused-ring (bicyclic) bond motifs is 4. The lowest BCUT2D eigenvalue weighted by Crippen LogP contribution is -2.53. The zero-order valence-corrected chi connectivity index (χ0v) is 22.3. The average molecular weight is 480 g/mol. The molecule has 2 aromatic rings. The molecule has 1 unspecified atom stereocenters. The third-order valence-electron chi connectivity index (χ3n) is 10.6. The molecule has 0 spiro atoms. The first kappa shape index (κ1) is 24.8. The molecule has 0 N–H and O–H groups in total. The normalized spacial score (nSPS) is 35.8. The van der Waals surface area contributed by atoms with Crippen LogP contribution in [0, 0.1) is 46.8 Å². The Morgan fingerprint density at radius 1 is 1.17 bits per heavy atom. The second-order valence-electron chi connectivity index (χ2n) is 12.5. The van der Waals surface area contributed by atoms with Crippen molar-refractivity contribution in [2.24, 2.45) is 46.8 Å². The van der Waals surface area contributed by atoms with Crippen molar-refractivity contribution in [1.82, 2.24) is 5.16 Å². The molecular weight excluding hydrogens is 434 g/mol. The van der Waals surface area contributed by atoms with Crippen molar-refractivity contribution in [1.29, 1.82) is 0 Å². The molecule has 3 fully saturated rings. The zero-order chi connectivity index (χ0) is 24.6. The lowest BCUT2D eigenvalue weighted by Gasteiger charge is -2.59. The largest absolute Gasteiger partial charge is 0.467 e. The summed E-state index contributed by atoms with van der Waals surface area (Å²) in [5.41, 5.74) is 0.820. The van der Waals surface area contributed by atoms with Gasteiger partial charge in [-0.15, -0.1) is 0 Å². The number of hydrogen-bond acceptors (Lipinski definition) is 4. The summed E-state index contributed by atoms with van der Waals surface area (Å²) >= 11 is 0. The lowest BCUT2D eigenvalue weighted by molar-refractivity contribution is -0.144. The molecule has 4 heteroatoms. The van der Waals surface area contributed by atoms with Gasteiger partial charge in [-0.05, 0) is 103 Å². The molecular formula is C31H45NO3. The van der Waals surface area contributed by atoms with Crippen LogP contribution in [0.5, 0.6) is 5.88 Å². The fourth-order valence-electron chi connectivity index (χ4n) is 8.80. The highest BCUT2D eigenvalue weighted by Crippen LogP contribution is 2.62. The maximum Gasteiger partial charge on any atom is 0.262 e. The molecule has 0 saturated heterocycles. The van der Waals surface area contributed by atoms with Crippen LogP contribution in [0.4, 0.5) is 0 Å². The van der Waals surface area contributed by atoms with Crippen molar-refractivity contribution in [3.63, 3.8) is 0 Å². The van der Waals surface area contributed by atoms with Crippen LogP contribution in [-0.4, -0.2) is 17.5 Å². The van der Waals surface area contributed by atoms with E-state index in [9.17, 15) is 4.79 Å². The van der Waals surface area contributed by atoms with Crippen molar-refractivity contribution in [3.8, 4) is 5.88 Å². The molecule has 1 heterocycles. The van der Waals surface area contributed by atoms with Crippen LogP contribution < -0.4 is 4.74 Å². The average Bonchev–Trinajstić information content (AvgIpc) is 3.27. The van der Waals surface area contributed by atoms with Crippen molar-refractivity contribution in [2.45, 2.75) is 91.9 Å². The summed E-state index contributed by atoms with van der Waals surface area (Å²) in [5, 5.41) is 4.90. The van der Waals surface area contributed by atoms with E-state index in [1.807, 2.05) is 24.3 Å². The van der Waals surface area contributed by atoms with Gasteiger partial charge >= 0.3 is 0 Å². The quantitative estimate of drug-likeness (QED) is 0.384. The van der Waals surface area contributed by atoms with Gasteiger partial charge in [0.1, 0.15) is 6.61 Å². The number of Topliss-reactive ketones (excluding diaryl/α,β-unsaturated/α-hetero) is 1. The summed E-state index contributed by atoms with van der Waals surface area (Å²) in [6, 6.07) is 7.68. The van der Waals surface area contributed by atoms with E-state index < -0.39 is 0 Å². The van der Waals surface area contributed by atoms with Crippen LogP contribution in [-0.2, 0) is 4.79 Å². The first-order chi connectivity index (χ1) is 16.9. The first-order valence-corrected chi connectivity index (χ1v) is 14.4. The molecule has 0 amide bonds. The molecule has 35 heavy (non-hydrogen) atoms. The Hall–Kier alpha value is -1.84. The van der Waals surface area contributed by atoms with E-state index in [4.69, 9.17) is 9.26 Å². The monoisotopic (exact) mass is 479 g/mol. The lowest BCUT2D eigenvalue weighted by atomic mass is 9.45. The predicted molar refractivity (Wildman–Crippen MR) is 140 cm³/mol. The van der Waals surface area contributed by atoms with Gasteiger partial charge in [0.05, 0.1) is 5.39 Å². The number of aromatic nitrogens is 1. The van der Waals surface area contributed by atoms with Gasteiger partial charge < -0.3 is 9.26 Å². The highest BCUT2D eigenvalue weighted by Gasteiger charge is 2.55. The van der Waals surface area contributed by atoms with Gasteiger partial charge in [-0.25, -0.2) is 0 Å². The van der Waals surface area contributed by atoms with Gasteiger partial charge in [0, 0.05) is 5.92 Å². The summed E-state index contributed by atoms with van der Waals surface area (Å²) in [4.78, 5) is 13.6. The highest BCUT2D eigenvalue weighted by atomic mass is 16.5. The second-order valence-corrected chi connectivity index (χ2v) is 12.5. The van der Waals surface area contributed by atoms with Crippen LogP contribution in [0.2, 0.25) is 0 Å². The molecule has 4 nitrogen and oxygen atoms in total. The van der Waals surface area contributed by atoms with E-state index in [0.29, 0.717) is 17.4 Å². The third kappa shape index (κ3) is 4.67. The number of benzene rings is 1. The fraction of sp³-hybridized carbons (Fsp3) is 0.742. The van der Waals surface area contributed by atoms with Crippen LogP contribution in [0.25, 0.3) is 11.0 Å².